The van der Waals surface area contributed by atoms with Crippen LogP contribution in [0.3, 0.4) is 0 Å². The van der Waals surface area contributed by atoms with Crippen molar-refractivity contribution in [2.75, 3.05) is 20.3 Å². The summed E-state index contributed by atoms with van der Waals surface area (Å²) < 4.78 is 32.1. The van der Waals surface area contributed by atoms with Crippen LogP contribution in [-0.4, -0.2) is 28.7 Å². The molecule has 0 aliphatic rings. The molecule has 0 spiro atoms. The summed E-state index contributed by atoms with van der Waals surface area (Å²) in [5.74, 6) is 0. The highest BCUT2D eigenvalue weighted by molar-refractivity contribution is 7.89. The molecule has 19 heavy (non-hydrogen) atoms. The molecule has 1 aromatic rings. The Labute approximate surface area is 116 Å². The standard InChI is InChI=1S/C14H23NO3S/c1-11-9-12(2)14(13(3)10-11)19(16,17)15-7-5-6-8-18-4/h9-10,15H,5-8H2,1-4H3. The molecular formula is C14H23NO3S. The monoisotopic (exact) mass is 285 g/mol. The number of nitrogens with one attached hydrogen (secondary N) is 1. The van der Waals surface area contributed by atoms with Crippen LogP contribution in [0.1, 0.15) is 29.5 Å². The van der Waals surface area contributed by atoms with Gasteiger partial charge in [0.25, 0.3) is 0 Å². The fraction of sp³-hybridized carbons (Fsp3) is 0.571. The van der Waals surface area contributed by atoms with Crippen LogP contribution in [0.5, 0.6) is 0 Å². The van der Waals surface area contributed by atoms with E-state index in [-0.39, 0.29) is 0 Å². The number of hydrogen-bond acceptors (Lipinski definition) is 3. The average Bonchev–Trinajstić information content (AvgIpc) is 2.26. The number of methoxy groups -OCH3 is 1. The molecular weight excluding hydrogens is 262 g/mol. The number of hydrogen-bond donors (Lipinski definition) is 1. The summed E-state index contributed by atoms with van der Waals surface area (Å²) >= 11 is 0. The number of unbranched alkanes of at least 4 members (excludes halogenated alkanes) is 1. The highest BCUT2D eigenvalue weighted by Gasteiger charge is 2.18. The Hall–Kier alpha value is -0.910. The quantitative estimate of drug-likeness (QED) is 0.782. The Balaban J connectivity index is 2.78. The minimum Gasteiger partial charge on any atom is -0.385 e. The number of ether oxygens (including phenoxy) is 1. The van der Waals surface area contributed by atoms with Crippen molar-refractivity contribution in [2.24, 2.45) is 0 Å². The maximum Gasteiger partial charge on any atom is 0.241 e. The van der Waals surface area contributed by atoms with E-state index in [2.05, 4.69) is 4.72 Å². The largest absolute Gasteiger partial charge is 0.385 e. The lowest BCUT2D eigenvalue weighted by Gasteiger charge is -2.13. The summed E-state index contributed by atoms with van der Waals surface area (Å²) in [5, 5.41) is 0. The molecule has 0 fully saturated rings. The first-order valence-electron chi connectivity index (χ1n) is 6.45. The van der Waals surface area contributed by atoms with Crippen LogP contribution >= 0.6 is 0 Å². The van der Waals surface area contributed by atoms with Gasteiger partial charge in [-0.15, -0.1) is 0 Å². The molecule has 0 amide bonds. The van der Waals surface area contributed by atoms with Gasteiger partial charge in [-0.25, -0.2) is 13.1 Å². The van der Waals surface area contributed by atoms with Crippen LogP contribution in [0, 0.1) is 20.8 Å². The van der Waals surface area contributed by atoms with Gasteiger partial charge in [-0.05, 0) is 44.7 Å². The maximum absolute atomic E-state index is 12.3. The van der Waals surface area contributed by atoms with Gasteiger partial charge in [0.2, 0.25) is 10.0 Å². The van der Waals surface area contributed by atoms with Crippen LogP contribution in [0.2, 0.25) is 0 Å². The van der Waals surface area contributed by atoms with E-state index in [1.54, 1.807) is 7.11 Å². The minimum absolute atomic E-state index is 0.407. The Morgan fingerprint density at radius 1 is 1.11 bits per heavy atom. The second-order valence-electron chi connectivity index (χ2n) is 4.83. The summed E-state index contributed by atoms with van der Waals surface area (Å²) in [6.07, 6.45) is 1.63. The average molecular weight is 285 g/mol. The molecule has 4 nitrogen and oxygen atoms in total. The summed E-state index contributed by atoms with van der Waals surface area (Å²) in [6.45, 7) is 6.73. The van der Waals surface area contributed by atoms with E-state index in [1.165, 1.54) is 0 Å². The van der Waals surface area contributed by atoms with Crippen molar-refractivity contribution in [2.45, 2.75) is 38.5 Å². The van der Waals surface area contributed by atoms with Gasteiger partial charge in [0.15, 0.2) is 0 Å². The van der Waals surface area contributed by atoms with E-state index < -0.39 is 10.0 Å². The third-order valence-corrected chi connectivity index (χ3v) is 4.71. The first kappa shape index (κ1) is 16.1. The molecule has 1 aromatic carbocycles. The van der Waals surface area contributed by atoms with Crippen molar-refractivity contribution in [1.29, 1.82) is 0 Å². The van der Waals surface area contributed by atoms with Gasteiger partial charge < -0.3 is 4.74 Å². The van der Waals surface area contributed by atoms with Crippen molar-refractivity contribution < 1.29 is 13.2 Å². The molecule has 5 heteroatoms. The van der Waals surface area contributed by atoms with Crippen LogP contribution in [-0.2, 0) is 14.8 Å². The van der Waals surface area contributed by atoms with Gasteiger partial charge in [-0.2, -0.15) is 0 Å². The fourth-order valence-corrected chi connectivity index (χ4v) is 3.76. The number of aryl methyl sites for hydroxylation is 3. The van der Waals surface area contributed by atoms with Gasteiger partial charge in [0, 0.05) is 20.3 Å². The van der Waals surface area contributed by atoms with Crippen LogP contribution in [0.25, 0.3) is 0 Å². The predicted octanol–water partition coefficient (Wildman–Crippen LogP) is 2.32. The van der Waals surface area contributed by atoms with Crippen molar-refractivity contribution in [1.82, 2.24) is 4.72 Å². The van der Waals surface area contributed by atoms with Gasteiger partial charge in [-0.1, -0.05) is 17.7 Å². The Kier molecular flexibility index (Phi) is 5.97. The predicted molar refractivity (Wildman–Crippen MR) is 77.0 cm³/mol. The molecule has 0 saturated carbocycles. The second-order valence-corrected chi connectivity index (χ2v) is 6.53. The van der Waals surface area contributed by atoms with Gasteiger partial charge in [-0.3, -0.25) is 0 Å². The molecule has 0 radical (unpaired) electrons. The summed E-state index contributed by atoms with van der Waals surface area (Å²) in [5.41, 5.74) is 2.66. The minimum atomic E-state index is -3.42. The van der Waals surface area contributed by atoms with E-state index in [1.807, 2.05) is 32.9 Å². The Morgan fingerprint density at radius 3 is 2.21 bits per heavy atom. The number of benzene rings is 1. The van der Waals surface area contributed by atoms with E-state index in [0.29, 0.717) is 18.0 Å². The molecule has 108 valence electrons. The molecule has 0 aromatic heterocycles. The zero-order valence-corrected chi connectivity index (χ0v) is 12.9. The lowest BCUT2D eigenvalue weighted by Crippen LogP contribution is -2.26. The second kappa shape index (κ2) is 7.03. The van der Waals surface area contributed by atoms with Crippen LogP contribution < -0.4 is 4.72 Å². The molecule has 0 aliphatic carbocycles. The molecule has 1 N–H and O–H groups in total. The van der Waals surface area contributed by atoms with Gasteiger partial charge in [0.05, 0.1) is 4.90 Å². The van der Waals surface area contributed by atoms with Crippen LogP contribution in [0.4, 0.5) is 0 Å². The third kappa shape index (κ3) is 4.60. The lowest BCUT2D eigenvalue weighted by atomic mass is 10.1. The van der Waals surface area contributed by atoms with E-state index in [0.717, 1.165) is 29.5 Å². The topological polar surface area (TPSA) is 55.4 Å². The molecule has 0 heterocycles. The molecule has 0 aliphatic heterocycles. The zero-order chi connectivity index (χ0) is 14.5. The SMILES string of the molecule is COCCCCNS(=O)(=O)c1c(C)cc(C)cc1C. The van der Waals surface area contributed by atoms with Gasteiger partial charge >= 0.3 is 0 Å². The highest BCUT2D eigenvalue weighted by atomic mass is 32.2. The normalized spacial score (nSPS) is 11.8. The Bertz CT molecular complexity index is 500. The molecule has 0 bridgehead atoms. The van der Waals surface area contributed by atoms with E-state index >= 15 is 0 Å². The molecule has 0 saturated heterocycles. The Morgan fingerprint density at radius 2 is 1.68 bits per heavy atom. The lowest BCUT2D eigenvalue weighted by molar-refractivity contribution is 0.193. The molecule has 1 rings (SSSR count). The fourth-order valence-electron chi connectivity index (χ4n) is 2.24. The van der Waals surface area contributed by atoms with Crippen molar-refractivity contribution in [3.8, 4) is 0 Å². The maximum atomic E-state index is 12.3. The summed E-state index contributed by atoms with van der Waals surface area (Å²) in [6, 6.07) is 3.79. The van der Waals surface area contributed by atoms with E-state index in [9.17, 15) is 8.42 Å². The summed E-state index contributed by atoms with van der Waals surface area (Å²) in [4.78, 5) is 0.407. The zero-order valence-electron chi connectivity index (χ0n) is 12.1. The smallest absolute Gasteiger partial charge is 0.241 e. The van der Waals surface area contributed by atoms with Crippen molar-refractivity contribution >= 4 is 10.0 Å². The molecule has 0 unspecified atom stereocenters. The number of sulfonamides is 1. The first-order valence-corrected chi connectivity index (χ1v) is 7.93. The first-order chi connectivity index (χ1) is 8.88. The highest BCUT2D eigenvalue weighted by Crippen LogP contribution is 2.21. The summed E-state index contributed by atoms with van der Waals surface area (Å²) in [7, 11) is -1.77. The van der Waals surface area contributed by atoms with Crippen molar-refractivity contribution in [3.05, 3.63) is 28.8 Å². The van der Waals surface area contributed by atoms with E-state index in [4.69, 9.17) is 4.74 Å². The third-order valence-electron chi connectivity index (χ3n) is 2.94. The molecule has 0 atom stereocenters. The van der Waals surface area contributed by atoms with Gasteiger partial charge in [0.1, 0.15) is 0 Å². The number of rotatable bonds is 7. The van der Waals surface area contributed by atoms with Crippen molar-refractivity contribution in [3.63, 3.8) is 0 Å². The van der Waals surface area contributed by atoms with Crippen LogP contribution in [0.15, 0.2) is 17.0 Å².